The Morgan fingerprint density at radius 3 is 2.27 bits per heavy atom. The number of carbonyl (C=O) groups excluding carboxylic acids is 2. The molecule has 6 heteroatoms. The van der Waals surface area contributed by atoms with Gasteiger partial charge in [0.15, 0.2) is 5.78 Å². The summed E-state index contributed by atoms with van der Waals surface area (Å²) in [5.74, 6) is -0.138. The number of fused-ring (bicyclic) bond motifs is 1. The standard InChI is InChI=1S/C23H22Cl2N2O2.2C2H6/c1-13(28)27-19-7-5-4-6-17(19)26-18-11-23(2,3)12-20(29)21(18)22(27)15-9-8-14(24)10-16(15)25;2*1-2/h4-10,22,26H,11-12H2,1-3H3;2*1-2H3. The van der Waals surface area contributed by atoms with Gasteiger partial charge < -0.3 is 5.32 Å². The van der Waals surface area contributed by atoms with Gasteiger partial charge in [0.25, 0.3) is 0 Å². The maximum atomic E-state index is 13.4. The molecule has 178 valence electrons. The minimum absolute atomic E-state index is 0.0267. The van der Waals surface area contributed by atoms with Crippen molar-refractivity contribution in [2.24, 2.45) is 5.41 Å². The van der Waals surface area contributed by atoms with Gasteiger partial charge in [0.1, 0.15) is 0 Å². The predicted molar refractivity (Wildman–Crippen MR) is 140 cm³/mol. The van der Waals surface area contributed by atoms with Gasteiger partial charge in [-0.25, -0.2) is 0 Å². The Morgan fingerprint density at radius 2 is 1.67 bits per heavy atom. The van der Waals surface area contributed by atoms with Crippen LogP contribution in [0.3, 0.4) is 0 Å². The summed E-state index contributed by atoms with van der Waals surface area (Å²) in [7, 11) is 0. The highest BCUT2D eigenvalue weighted by Crippen LogP contribution is 2.49. The average molecular weight is 489 g/mol. The summed E-state index contributed by atoms with van der Waals surface area (Å²) < 4.78 is 0. The highest BCUT2D eigenvalue weighted by Gasteiger charge is 2.43. The third-order valence-corrected chi connectivity index (χ3v) is 6.06. The molecule has 0 radical (unpaired) electrons. The van der Waals surface area contributed by atoms with Crippen LogP contribution in [-0.4, -0.2) is 11.7 Å². The van der Waals surface area contributed by atoms with Crippen molar-refractivity contribution in [1.82, 2.24) is 0 Å². The number of allylic oxidation sites excluding steroid dienone is 1. The first-order chi connectivity index (χ1) is 15.7. The van der Waals surface area contributed by atoms with Gasteiger partial charge in [0.2, 0.25) is 5.91 Å². The second-order valence-electron chi connectivity index (χ2n) is 8.43. The molecule has 1 unspecified atom stereocenters. The molecule has 33 heavy (non-hydrogen) atoms. The Bertz CT molecular complexity index is 1060. The van der Waals surface area contributed by atoms with Crippen LogP contribution in [0.4, 0.5) is 11.4 Å². The molecule has 4 nitrogen and oxygen atoms in total. The molecule has 1 N–H and O–H groups in total. The molecule has 2 aliphatic rings. The molecule has 1 aliphatic heterocycles. The van der Waals surface area contributed by atoms with Crippen LogP contribution in [-0.2, 0) is 9.59 Å². The van der Waals surface area contributed by atoms with Gasteiger partial charge >= 0.3 is 0 Å². The van der Waals surface area contributed by atoms with Crippen molar-refractivity contribution in [3.63, 3.8) is 0 Å². The molecule has 2 aromatic rings. The number of halogens is 2. The van der Waals surface area contributed by atoms with E-state index < -0.39 is 6.04 Å². The number of carbonyl (C=O) groups is 2. The summed E-state index contributed by atoms with van der Waals surface area (Å²) in [6.07, 6.45) is 1.12. The fourth-order valence-corrected chi connectivity index (χ4v) is 4.86. The number of Topliss-reactive ketones (excluding diaryl/α,β-unsaturated/α-hetero) is 1. The van der Waals surface area contributed by atoms with E-state index in [9.17, 15) is 9.59 Å². The number of para-hydroxylation sites is 2. The Kier molecular flexibility index (Phi) is 9.16. The van der Waals surface area contributed by atoms with E-state index in [2.05, 4.69) is 19.2 Å². The molecule has 2 aromatic carbocycles. The van der Waals surface area contributed by atoms with Crippen molar-refractivity contribution in [3.05, 3.63) is 69.3 Å². The lowest BCUT2D eigenvalue weighted by Gasteiger charge is -2.37. The summed E-state index contributed by atoms with van der Waals surface area (Å²) in [5, 5.41) is 4.39. The van der Waals surface area contributed by atoms with Gasteiger partial charge in [-0.05, 0) is 41.7 Å². The zero-order chi connectivity index (χ0) is 24.9. The van der Waals surface area contributed by atoms with Crippen molar-refractivity contribution < 1.29 is 9.59 Å². The first-order valence-corrected chi connectivity index (χ1v) is 12.3. The summed E-state index contributed by atoms with van der Waals surface area (Å²) in [6.45, 7) is 13.7. The predicted octanol–water partition coefficient (Wildman–Crippen LogP) is 8.21. The van der Waals surface area contributed by atoms with Gasteiger partial charge in [0.05, 0.1) is 17.4 Å². The molecule has 1 amide bonds. The number of anilines is 2. The van der Waals surface area contributed by atoms with Crippen molar-refractivity contribution in [2.75, 3.05) is 10.2 Å². The zero-order valence-electron chi connectivity index (χ0n) is 20.6. The quantitative estimate of drug-likeness (QED) is 0.439. The minimum Gasteiger partial charge on any atom is -0.357 e. The first kappa shape index (κ1) is 26.9. The number of benzene rings is 2. The first-order valence-electron chi connectivity index (χ1n) is 11.5. The smallest absolute Gasteiger partial charge is 0.224 e. The molecule has 1 atom stereocenters. The molecule has 0 spiro atoms. The molecule has 0 saturated carbocycles. The summed E-state index contributed by atoms with van der Waals surface area (Å²) in [4.78, 5) is 27.9. The van der Waals surface area contributed by atoms with Crippen LogP contribution >= 0.6 is 23.2 Å². The molecule has 0 bridgehead atoms. The van der Waals surface area contributed by atoms with Crippen LogP contribution in [0.5, 0.6) is 0 Å². The summed E-state index contributed by atoms with van der Waals surface area (Å²) in [6, 6.07) is 12.2. The Labute approximate surface area is 208 Å². The monoisotopic (exact) mass is 488 g/mol. The van der Waals surface area contributed by atoms with Crippen molar-refractivity contribution in [3.8, 4) is 0 Å². The second-order valence-corrected chi connectivity index (χ2v) is 9.28. The van der Waals surface area contributed by atoms with Crippen molar-refractivity contribution >= 4 is 46.3 Å². The van der Waals surface area contributed by atoms with Gasteiger partial charge in [-0.3, -0.25) is 14.5 Å². The van der Waals surface area contributed by atoms with Crippen LogP contribution in [0.1, 0.15) is 72.9 Å². The third-order valence-electron chi connectivity index (χ3n) is 5.50. The SMILES string of the molecule is CC.CC.CC(=O)N1c2ccccc2NC2=C(C(=O)CC(C)(C)C2)C1c1ccc(Cl)cc1Cl. The summed E-state index contributed by atoms with van der Waals surface area (Å²) >= 11 is 12.7. The van der Waals surface area contributed by atoms with E-state index in [1.165, 1.54) is 6.92 Å². The molecular weight excluding hydrogens is 455 g/mol. The van der Waals surface area contributed by atoms with Crippen LogP contribution in [0.25, 0.3) is 0 Å². The molecule has 1 aliphatic carbocycles. The van der Waals surface area contributed by atoms with E-state index in [0.29, 0.717) is 34.0 Å². The minimum atomic E-state index is -0.619. The Balaban J connectivity index is 0.000000914. The van der Waals surface area contributed by atoms with Crippen LogP contribution in [0.2, 0.25) is 10.0 Å². The van der Waals surface area contributed by atoms with Crippen LogP contribution in [0.15, 0.2) is 53.7 Å². The normalized spacial score (nSPS) is 18.4. The lowest BCUT2D eigenvalue weighted by Crippen LogP contribution is -2.38. The number of nitrogens with zero attached hydrogens (tertiary/aromatic N) is 1. The lowest BCUT2D eigenvalue weighted by molar-refractivity contribution is -0.118. The largest absolute Gasteiger partial charge is 0.357 e. The van der Waals surface area contributed by atoms with E-state index in [0.717, 1.165) is 17.1 Å². The fraction of sp³-hybridized carbons (Fsp3) is 0.407. The highest BCUT2D eigenvalue weighted by atomic mass is 35.5. The van der Waals surface area contributed by atoms with Crippen molar-refractivity contribution in [2.45, 2.75) is 67.3 Å². The Hall–Kier alpha value is -2.30. The van der Waals surface area contributed by atoms with E-state index in [4.69, 9.17) is 23.2 Å². The van der Waals surface area contributed by atoms with Gasteiger partial charge in [-0.15, -0.1) is 0 Å². The van der Waals surface area contributed by atoms with Gasteiger partial charge in [-0.2, -0.15) is 0 Å². The van der Waals surface area contributed by atoms with Crippen LogP contribution < -0.4 is 10.2 Å². The molecule has 0 aromatic heterocycles. The number of rotatable bonds is 1. The number of amides is 1. The molecule has 4 rings (SSSR count). The summed E-state index contributed by atoms with van der Waals surface area (Å²) in [5.41, 5.74) is 3.48. The zero-order valence-corrected chi connectivity index (χ0v) is 22.1. The maximum absolute atomic E-state index is 13.4. The highest BCUT2D eigenvalue weighted by molar-refractivity contribution is 6.35. The number of nitrogens with one attached hydrogen (secondary N) is 1. The maximum Gasteiger partial charge on any atom is 0.224 e. The van der Waals surface area contributed by atoms with E-state index in [1.807, 2.05) is 52.0 Å². The van der Waals surface area contributed by atoms with E-state index >= 15 is 0 Å². The van der Waals surface area contributed by atoms with E-state index in [1.54, 1.807) is 23.1 Å². The Morgan fingerprint density at radius 1 is 1.03 bits per heavy atom. The molecular formula is C27H34Cl2N2O2. The van der Waals surface area contributed by atoms with E-state index in [-0.39, 0.29) is 17.1 Å². The number of hydrogen-bond acceptors (Lipinski definition) is 3. The molecule has 0 saturated heterocycles. The molecule has 1 heterocycles. The third kappa shape index (κ3) is 5.62. The molecule has 0 fully saturated rings. The van der Waals surface area contributed by atoms with Gasteiger partial charge in [-0.1, -0.05) is 82.9 Å². The van der Waals surface area contributed by atoms with Crippen molar-refractivity contribution in [1.29, 1.82) is 0 Å². The number of ketones is 1. The fourth-order valence-electron chi connectivity index (χ4n) is 4.35. The van der Waals surface area contributed by atoms with Gasteiger partial charge in [0, 0.05) is 34.7 Å². The second kappa shape index (κ2) is 11.2. The average Bonchev–Trinajstić information content (AvgIpc) is 2.90. The number of hydrogen-bond donors (Lipinski definition) is 1. The van der Waals surface area contributed by atoms with Crippen LogP contribution in [0, 0.1) is 5.41 Å². The lowest BCUT2D eigenvalue weighted by atomic mass is 9.73. The topological polar surface area (TPSA) is 49.4 Å².